The number of hydrogen-bond donors (Lipinski definition) is 0. The molecule has 7 heteroatoms. The number of ether oxygens (including phenoxy) is 2. The van der Waals surface area contributed by atoms with E-state index in [4.69, 9.17) is 9.47 Å². The molecular weight excluding hydrogens is 382 g/mol. The van der Waals surface area contributed by atoms with Crippen LogP contribution in [0.15, 0.2) is 73.1 Å². The van der Waals surface area contributed by atoms with E-state index in [2.05, 4.69) is 10.1 Å². The zero-order valence-electron chi connectivity index (χ0n) is 16.3. The fourth-order valence-electron chi connectivity index (χ4n) is 2.99. The van der Waals surface area contributed by atoms with Crippen molar-refractivity contribution in [1.29, 1.82) is 0 Å². The van der Waals surface area contributed by atoms with Gasteiger partial charge in [-0.15, -0.1) is 0 Å². The lowest BCUT2D eigenvalue weighted by atomic mass is 10.2. The summed E-state index contributed by atoms with van der Waals surface area (Å²) >= 11 is 0. The van der Waals surface area contributed by atoms with Crippen molar-refractivity contribution in [1.82, 2.24) is 14.8 Å². The van der Waals surface area contributed by atoms with Crippen molar-refractivity contribution in [2.75, 3.05) is 6.61 Å². The van der Waals surface area contributed by atoms with Gasteiger partial charge < -0.3 is 9.47 Å². The molecule has 2 aromatic carbocycles. The van der Waals surface area contributed by atoms with Gasteiger partial charge in [-0.2, -0.15) is 5.10 Å². The highest BCUT2D eigenvalue weighted by Crippen LogP contribution is 2.18. The molecule has 4 rings (SSSR count). The number of aromatic nitrogens is 3. The van der Waals surface area contributed by atoms with Crippen molar-refractivity contribution in [3.05, 3.63) is 89.7 Å². The number of hydrogen-bond acceptors (Lipinski definition) is 6. The van der Waals surface area contributed by atoms with E-state index < -0.39 is 11.9 Å². The van der Waals surface area contributed by atoms with E-state index in [1.165, 1.54) is 6.20 Å². The van der Waals surface area contributed by atoms with Crippen LogP contribution in [0.4, 0.5) is 0 Å². The van der Waals surface area contributed by atoms with Gasteiger partial charge in [0.25, 0.3) is 0 Å². The minimum absolute atomic E-state index is 0.299. The van der Waals surface area contributed by atoms with Crippen molar-refractivity contribution in [2.24, 2.45) is 0 Å². The van der Waals surface area contributed by atoms with Gasteiger partial charge in [0, 0.05) is 11.6 Å². The maximum absolute atomic E-state index is 12.5. The van der Waals surface area contributed by atoms with Crippen molar-refractivity contribution in [3.63, 3.8) is 0 Å². The first-order valence-corrected chi connectivity index (χ1v) is 9.49. The zero-order chi connectivity index (χ0) is 20.9. The first-order chi connectivity index (χ1) is 14.6. The van der Waals surface area contributed by atoms with E-state index in [1.54, 1.807) is 48.1 Å². The van der Waals surface area contributed by atoms with E-state index >= 15 is 0 Å². The summed E-state index contributed by atoms with van der Waals surface area (Å²) in [5.74, 6) is -0.630. The molecule has 2 aromatic heterocycles. The SMILES string of the molecule is CCOC(=O)c1ccc(OC(=O)c2cnc3c(cnn3Cc3ccccc3)c2)cc1. The van der Waals surface area contributed by atoms with Crippen LogP contribution >= 0.6 is 0 Å². The summed E-state index contributed by atoms with van der Waals surface area (Å²) in [6.07, 6.45) is 3.15. The predicted molar refractivity (Wildman–Crippen MR) is 110 cm³/mol. The Hall–Kier alpha value is -4.00. The second kappa shape index (κ2) is 8.57. The first kappa shape index (κ1) is 19.3. The number of fused-ring (bicyclic) bond motifs is 1. The second-order valence-corrected chi connectivity index (χ2v) is 6.56. The molecule has 0 fully saturated rings. The third kappa shape index (κ3) is 4.20. The summed E-state index contributed by atoms with van der Waals surface area (Å²) in [6.45, 7) is 2.63. The highest BCUT2D eigenvalue weighted by atomic mass is 16.5. The molecule has 2 heterocycles. The van der Waals surface area contributed by atoms with E-state index in [9.17, 15) is 9.59 Å². The number of esters is 2. The molecule has 30 heavy (non-hydrogen) atoms. The van der Waals surface area contributed by atoms with Gasteiger partial charge in [0.1, 0.15) is 5.75 Å². The van der Waals surface area contributed by atoms with Crippen LogP contribution in [0.3, 0.4) is 0 Å². The molecule has 150 valence electrons. The molecule has 0 bridgehead atoms. The molecule has 0 unspecified atom stereocenters. The van der Waals surface area contributed by atoms with Crippen molar-refractivity contribution in [3.8, 4) is 5.75 Å². The summed E-state index contributed by atoms with van der Waals surface area (Å²) < 4.78 is 12.1. The Morgan fingerprint density at radius 2 is 1.70 bits per heavy atom. The Morgan fingerprint density at radius 3 is 2.43 bits per heavy atom. The highest BCUT2D eigenvalue weighted by Gasteiger charge is 2.14. The molecule has 0 atom stereocenters. The van der Waals surface area contributed by atoms with Crippen LogP contribution in [0.25, 0.3) is 11.0 Å². The second-order valence-electron chi connectivity index (χ2n) is 6.56. The summed E-state index contributed by atoms with van der Waals surface area (Å²) in [6, 6.07) is 17.9. The Kier molecular flexibility index (Phi) is 5.52. The van der Waals surface area contributed by atoms with E-state index in [0.29, 0.717) is 35.7 Å². The Balaban J connectivity index is 1.48. The topological polar surface area (TPSA) is 83.3 Å². The third-order valence-corrected chi connectivity index (χ3v) is 4.46. The monoisotopic (exact) mass is 401 g/mol. The number of carbonyl (C=O) groups is 2. The van der Waals surface area contributed by atoms with Crippen molar-refractivity contribution < 1.29 is 19.1 Å². The molecule has 0 aliphatic carbocycles. The Bertz CT molecular complexity index is 1180. The highest BCUT2D eigenvalue weighted by molar-refractivity contribution is 5.94. The molecule has 0 radical (unpaired) electrons. The van der Waals surface area contributed by atoms with Gasteiger partial charge in [-0.25, -0.2) is 19.3 Å². The summed E-state index contributed by atoms with van der Waals surface area (Å²) in [4.78, 5) is 28.6. The average molecular weight is 401 g/mol. The van der Waals surface area contributed by atoms with Gasteiger partial charge in [-0.1, -0.05) is 30.3 Å². The summed E-state index contributed by atoms with van der Waals surface area (Å²) in [5.41, 5.74) is 2.51. The molecule has 0 amide bonds. The fourth-order valence-corrected chi connectivity index (χ4v) is 2.99. The normalized spacial score (nSPS) is 10.7. The van der Waals surface area contributed by atoms with Gasteiger partial charge in [-0.05, 0) is 42.8 Å². The minimum Gasteiger partial charge on any atom is -0.462 e. The van der Waals surface area contributed by atoms with Crippen LogP contribution in [0.1, 0.15) is 33.2 Å². The Labute approximate surface area is 172 Å². The molecule has 0 aliphatic heterocycles. The van der Waals surface area contributed by atoms with Gasteiger partial charge in [-0.3, -0.25) is 0 Å². The van der Waals surface area contributed by atoms with E-state index in [0.717, 1.165) is 10.9 Å². The number of pyridine rings is 1. The van der Waals surface area contributed by atoms with Crippen LogP contribution in [0, 0.1) is 0 Å². The van der Waals surface area contributed by atoms with Crippen molar-refractivity contribution >= 4 is 23.0 Å². The van der Waals surface area contributed by atoms with E-state index in [1.807, 2.05) is 30.3 Å². The first-order valence-electron chi connectivity index (χ1n) is 9.49. The number of carbonyl (C=O) groups excluding carboxylic acids is 2. The van der Waals surface area contributed by atoms with Crippen LogP contribution in [-0.2, 0) is 11.3 Å². The van der Waals surface area contributed by atoms with Crippen LogP contribution in [-0.4, -0.2) is 33.3 Å². The van der Waals surface area contributed by atoms with Gasteiger partial charge >= 0.3 is 11.9 Å². The maximum atomic E-state index is 12.5. The van der Waals surface area contributed by atoms with Gasteiger partial charge in [0.15, 0.2) is 5.65 Å². The minimum atomic E-state index is -0.538. The molecule has 4 aromatic rings. The number of nitrogens with zero attached hydrogens (tertiary/aromatic N) is 3. The molecule has 7 nitrogen and oxygen atoms in total. The van der Waals surface area contributed by atoms with Crippen LogP contribution < -0.4 is 4.74 Å². The summed E-state index contributed by atoms with van der Waals surface area (Å²) in [5, 5.41) is 5.12. The number of rotatable bonds is 6. The van der Waals surface area contributed by atoms with Crippen LogP contribution in [0.5, 0.6) is 5.75 Å². The van der Waals surface area contributed by atoms with Gasteiger partial charge in [0.05, 0.1) is 30.5 Å². The molecule has 0 aliphatic rings. The quantitative estimate of drug-likeness (QED) is 0.360. The Morgan fingerprint density at radius 1 is 0.933 bits per heavy atom. The van der Waals surface area contributed by atoms with Crippen LogP contribution in [0.2, 0.25) is 0 Å². The average Bonchev–Trinajstić information content (AvgIpc) is 3.17. The molecule has 0 N–H and O–H groups in total. The zero-order valence-corrected chi connectivity index (χ0v) is 16.3. The standard InChI is InChI=1S/C23H19N3O4/c1-2-29-22(27)17-8-10-20(11-9-17)30-23(28)19-12-18-14-25-26(21(18)24-13-19)15-16-6-4-3-5-7-16/h3-14H,2,15H2,1H3. The molecule has 0 saturated heterocycles. The largest absolute Gasteiger partial charge is 0.462 e. The predicted octanol–water partition coefficient (Wildman–Crippen LogP) is 3.88. The lowest BCUT2D eigenvalue weighted by Crippen LogP contribution is -2.10. The summed E-state index contributed by atoms with van der Waals surface area (Å²) in [7, 11) is 0. The van der Waals surface area contributed by atoms with Gasteiger partial charge in [0.2, 0.25) is 0 Å². The number of benzene rings is 2. The molecule has 0 saturated carbocycles. The fraction of sp³-hybridized carbons (Fsp3) is 0.130. The lowest BCUT2D eigenvalue weighted by molar-refractivity contribution is 0.0526. The van der Waals surface area contributed by atoms with E-state index in [-0.39, 0.29) is 0 Å². The molecule has 0 spiro atoms. The van der Waals surface area contributed by atoms with Crippen molar-refractivity contribution in [2.45, 2.75) is 13.5 Å². The third-order valence-electron chi connectivity index (χ3n) is 4.46. The smallest absolute Gasteiger partial charge is 0.345 e. The molecular formula is C23H19N3O4. The lowest BCUT2D eigenvalue weighted by Gasteiger charge is -2.06. The maximum Gasteiger partial charge on any atom is 0.345 e.